The smallest absolute Gasteiger partial charge is 0.0567 e. The number of thiophene rings is 4. The van der Waals surface area contributed by atoms with Gasteiger partial charge in [0.25, 0.3) is 0 Å². The van der Waals surface area contributed by atoms with Crippen LogP contribution in [0.15, 0.2) is 182 Å². The average Bonchev–Trinajstić information content (AvgIpc) is 4.21. The third kappa shape index (κ3) is 4.99. The normalized spacial score (nSPS) is 14.4. The summed E-state index contributed by atoms with van der Waals surface area (Å²) in [4.78, 5) is 1.40. The minimum atomic E-state index is 0.212. The fourth-order valence-electron chi connectivity index (χ4n) is 11.5. The van der Waals surface area contributed by atoms with E-state index in [4.69, 9.17) is 0 Å². The molecule has 1 unspecified atom stereocenters. The standard InChI is InChI=1S/C60H34N2S4/c1-5-13-49-37(9-1)41-25-33(17-21-51(41)61(49)35-19-23-55-43(27-35)47-29-45-39-11-3-7-15-53(39)63-57(45)31-59(47)65-55)34-18-22-52-42(26-34)38-10-2-6-14-50(38)62(52)36-20-24-56-44(28-36)48-30-46-40-12-4-8-16-54(40)64-58(46)32-60(48)66-56/h1-27,29-32,36H,28H2. The summed E-state index contributed by atoms with van der Waals surface area (Å²) in [6, 6.07) is 66.9. The van der Waals surface area contributed by atoms with Gasteiger partial charge in [0.1, 0.15) is 0 Å². The number of aromatic nitrogens is 2. The van der Waals surface area contributed by atoms with Gasteiger partial charge in [0.05, 0.1) is 17.1 Å². The SMILES string of the molecule is C1=CC(n2c3ccccc3c3cc(-c4ccc5c(c4)c4ccccc4n5-c4ccc5sc6cc7sc8ccccc8c7cc6c5c4)ccc32)Cc2c1sc1cc3sc4ccccc4c3cc21. The van der Waals surface area contributed by atoms with Gasteiger partial charge in [-0.15, -0.1) is 45.3 Å². The van der Waals surface area contributed by atoms with Crippen LogP contribution in [0.2, 0.25) is 0 Å². The van der Waals surface area contributed by atoms with E-state index in [1.54, 1.807) is 0 Å². The molecule has 0 saturated carbocycles. The number of rotatable bonds is 3. The van der Waals surface area contributed by atoms with Crippen LogP contribution >= 0.6 is 45.3 Å². The van der Waals surface area contributed by atoms with Crippen LogP contribution in [0.3, 0.4) is 0 Å². The van der Waals surface area contributed by atoms with Crippen molar-refractivity contribution in [3.05, 3.63) is 192 Å². The van der Waals surface area contributed by atoms with E-state index >= 15 is 0 Å². The summed E-state index contributed by atoms with van der Waals surface area (Å²) in [6.07, 6.45) is 5.81. The summed E-state index contributed by atoms with van der Waals surface area (Å²) in [6.45, 7) is 0. The highest BCUT2D eigenvalue weighted by Gasteiger charge is 2.25. The van der Waals surface area contributed by atoms with Gasteiger partial charge in [-0.25, -0.2) is 0 Å². The van der Waals surface area contributed by atoms with Crippen LogP contribution in [-0.4, -0.2) is 9.13 Å². The Hall–Kier alpha value is -7.06. The van der Waals surface area contributed by atoms with Crippen molar-refractivity contribution in [1.29, 1.82) is 0 Å². The maximum Gasteiger partial charge on any atom is 0.0567 e. The number of benzene rings is 9. The molecule has 1 aliphatic rings. The Kier molecular flexibility index (Phi) is 7.28. The Balaban J connectivity index is 0.810. The highest BCUT2D eigenvalue weighted by molar-refractivity contribution is 7.28. The number of hydrogen-bond acceptors (Lipinski definition) is 4. The number of allylic oxidation sites excluding steroid dienone is 1. The Morgan fingerprint density at radius 3 is 1.56 bits per heavy atom. The van der Waals surface area contributed by atoms with Crippen molar-refractivity contribution in [3.8, 4) is 16.8 Å². The number of hydrogen-bond donors (Lipinski definition) is 0. The van der Waals surface area contributed by atoms with E-state index in [9.17, 15) is 0 Å². The van der Waals surface area contributed by atoms with Gasteiger partial charge in [-0.3, -0.25) is 0 Å². The maximum absolute atomic E-state index is 2.60. The predicted molar refractivity (Wildman–Crippen MR) is 291 cm³/mol. The summed E-state index contributed by atoms with van der Waals surface area (Å²) in [7, 11) is 0. The van der Waals surface area contributed by atoms with Gasteiger partial charge < -0.3 is 9.13 Å². The van der Waals surface area contributed by atoms with Gasteiger partial charge in [-0.2, -0.15) is 0 Å². The van der Waals surface area contributed by atoms with Crippen LogP contribution < -0.4 is 0 Å². The minimum Gasteiger partial charge on any atom is -0.333 e. The zero-order valence-electron chi connectivity index (χ0n) is 35.2. The molecule has 16 rings (SSSR count). The van der Waals surface area contributed by atoms with Crippen molar-refractivity contribution in [1.82, 2.24) is 9.13 Å². The lowest BCUT2D eigenvalue weighted by Crippen LogP contribution is -2.12. The Morgan fingerprint density at radius 1 is 0.348 bits per heavy atom. The Labute approximate surface area is 393 Å². The molecule has 15 aromatic rings. The van der Waals surface area contributed by atoms with Gasteiger partial charge >= 0.3 is 0 Å². The lowest BCUT2D eigenvalue weighted by atomic mass is 9.96. The highest BCUT2D eigenvalue weighted by atomic mass is 32.1. The van der Waals surface area contributed by atoms with Gasteiger partial charge in [0, 0.05) is 108 Å². The molecule has 0 spiro atoms. The molecule has 0 bridgehead atoms. The molecule has 0 fully saturated rings. The largest absolute Gasteiger partial charge is 0.333 e. The first-order chi connectivity index (χ1) is 32.7. The molecule has 2 nitrogen and oxygen atoms in total. The van der Waals surface area contributed by atoms with Crippen molar-refractivity contribution in [2.24, 2.45) is 0 Å². The maximum atomic E-state index is 2.60. The second-order valence-corrected chi connectivity index (χ2v) is 22.3. The predicted octanol–water partition coefficient (Wildman–Crippen LogP) is 18.7. The molecule has 6 heterocycles. The van der Waals surface area contributed by atoms with Crippen LogP contribution in [-0.2, 0) is 6.42 Å². The number of fused-ring (bicyclic) bond motifs is 18. The number of para-hydroxylation sites is 2. The zero-order chi connectivity index (χ0) is 42.8. The second kappa shape index (κ2) is 13.3. The van der Waals surface area contributed by atoms with E-state index in [0.29, 0.717) is 0 Å². The third-order valence-corrected chi connectivity index (χ3v) is 19.0. The van der Waals surface area contributed by atoms with Crippen molar-refractivity contribution in [2.75, 3.05) is 0 Å². The lowest BCUT2D eigenvalue weighted by Gasteiger charge is -2.22. The Morgan fingerprint density at radius 2 is 0.848 bits per heavy atom. The van der Waals surface area contributed by atoms with Crippen molar-refractivity contribution in [3.63, 3.8) is 0 Å². The molecule has 308 valence electrons. The van der Waals surface area contributed by atoms with Crippen LogP contribution in [0.4, 0.5) is 0 Å². The molecular formula is C60H34N2S4. The summed E-state index contributed by atoms with van der Waals surface area (Å²) >= 11 is 7.65. The molecule has 0 N–H and O–H groups in total. The molecule has 1 atom stereocenters. The first-order valence-electron chi connectivity index (χ1n) is 22.6. The van der Waals surface area contributed by atoms with Gasteiger partial charge in [-0.05, 0) is 126 Å². The van der Waals surface area contributed by atoms with Crippen LogP contribution in [0.1, 0.15) is 16.5 Å². The van der Waals surface area contributed by atoms with Crippen LogP contribution in [0.5, 0.6) is 0 Å². The van der Waals surface area contributed by atoms with Crippen molar-refractivity contribution < 1.29 is 0 Å². The van der Waals surface area contributed by atoms with Gasteiger partial charge in [0.2, 0.25) is 0 Å². The fraction of sp³-hybridized carbons (Fsp3) is 0.0333. The van der Waals surface area contributed by atoms with Crippen molar-refractivity contribution in [2.45, 2.75) is 12.5 Å². The van der Waals surface area contributed by atoms with E-state index in [1.165, 1.54) is 141 Å². The number of nitrogens with zero attached hydrogens (tertiary/aromatic N) is 2. The topological polar surface area (TPSA) is 9.86 Å². The first-order valence-corrected chi connectivity index (χ1v) is 25.8. The molecule has 0 radical (unpaired) electrons. The molecule has 0 aliphatic heterocycles. The monoisotopic (exact) mass is 910 g/mol. The summed E-state index contributed by atoms with van der Waals surface area (Å²) in [5.41, 5.74) is 10.2. The molecule has 0 saturated heterocycles. The lowest BCUT2D eigenvalue weighted by molar-refractivity contribution is 0.640. The molecular weight excluding hydrogens is 877 g/mol. The van der Waals surface area contributed by atoms with Crippen molar-refractivity contribution >= 4 is 166 Å². The third-order valence-electron chi connectivity index (χ3n) is 14.5. The first kappa shape index (κ1) is 36.2. The molecule has 0 amide bonds. The molecule has 6 aromatic heterocycles. The molecule has 6 heteroatoms. The average molecular weight is 911 g/mol. The molecule has 66 heavy (non-hydrogen) atoms. The Bertz CT molecular complexity index is 4640. The fourth-order valence-corrected chi connectivity index (χ4v) is 16.2. The van der Waals surface area contributed by atoms with E-state index in [-0.39, 0.29) is 6.04 Å². The quantitative estimate of drug-likeness (QED) is 0.167. The van der Waals surface area contributed by atoms with Gasteiger partial charge in [0.15, 0.2) is 0 Å². The second-order valence-electron chi connectivity index (χ2n) is 17.9. The highest BCUT2D eigenvalue weighted by Crippen LogP contribution is 2.47. The van der Waals surface area contributed by atoms with E-state index in [2.05, 4.69) is 197 Å². The van der Waals surface area contributed by atoms with Crippen LogP contribution in [0, 0.1) is 0 Å². The summed E-state index contributed by atoms with van der Waals surface area (Å²) in [5.74, 6) is 0. The summed E-state index contributed by atoms with van der Waals surface area (Å²) in [5, 5.41) is 14.7. The molecule has 1 aliphatic carbocycles. The summed E-state index contributed by atoms with van der Waals surface area (Å²) < 4.78 is 14.6. The van der Waals surface area contributed by atoms with E-state index in [0.717, 1.165) is 6.42 Å². The minimum absolute atomic E-state index is 0.212. The zero-order valence-corrected chi connectivity index (χ0v) is 38.5. The van der Waals surface area contributed by atoms with E-state index in [1.807, 2.05) is 45.3 Å². The van der Waals surface area contributed by atoms with Gasteiger partial charge in [-0.1, -0.05) is 91.0 Å². The van der Waals surface area contributed by atoms with Crippen LogP contribution in [0.25, 0.3) is 137 Å². The van der Waals surface area contributed by atoms with E-state index < -0.39 is 0 Å². The molecule has 9 aromatic carbocycles.